The number of carbonyl (C=O) groups is 1. The number of para-hydroxylation sites is 1. The maximum atomic E-state index is 14.9. The average molecular weight is 500 g/mol. The highest BCUT2D eigenvalue weighted by Gasteiger charge is 2.23. The molecule has 0 unspecified atom stereocenters. The number of furan rings is 1. The second-order valence-electron chi connectivity index (χ2n) is 7.04. The van der Waals surface area contributed by atoms with Crippen molar-refractivity contribution in [3.05, 3.63) is 65.9 Å². The van der Waals surface area contributed by atoms with Crippen LogP contribution in [0.25, 0.3) is 17.1 Å². The fourth-order valence-electron chi connectivity index (χ4n) is 3.49. The lowest BCUT2D eigenvalue weighted by Gasteiger charge is -2.15. The maximum absolute atomic E-state index is 14.9. The Morgan fingerprint density at radius 1 is 1.03 bits per heavy atom. The normalized spacial score (nSPS) is 10.8. The molecule has 4 aromatic rings. The van der Waals surface area contributed by atoms with Gasteiger partial charge in [0.05, 0.1) is 46.1 Å². The monoisotopic (exact) mass is 499 g/mol. The number of nitrogens with zero attached hydrogens (tertiary/aromatic N) is 3. The molecule has 4 rings (SSSR count). The summed E-state index contributed by atoms with van der Waals surface area (Å²) in [5.74, 6) is 1.26. The van der Waals surface area contributed by atoms with Crippen LogP contribution >= 0.6 is 11.8 Å². The fourth-order valence-corrected chi connectivity index (χ4v) is 4.38. The first-order valence-electron chi connectivity index (χ1n) is 10.3. The van der Waals surface area contributed by atoms with E-state index in [1.54, 1.807) is 34.9 Å². The first-order chi connectivity index (χ1) is 17.0. The molecular formula is C24H22FN3O6S. The standard InChI is InChI=1S/C24H22FN3O6S/c1-30-18-11-14(12-19(31-2)21(18)32-3)22-26-27-24(28(22)17-8-6-5-7-16(17)25)35-13-20-15(9-10-34-20)23(29)33-4/h5-12H,13H2,1-4H3. The zero-order chi connectivity index (χ0) is 24.9. The van der Waals surface area contributed by atoms with Crippen LogP contribution in [0.2, 0.25) is 0 Å². The number of hydrogen-bond acceptors (Lipinski definition) is 9. The molecule has 2 aromatic heterocycles. The predicted octanol–water partition coefficient (Wildman–Crippen LogP) is 4.77. The van der Waals surface area contributed by atoms with Crippen molar-refractivity contribution in [2.75, 3.05) is 28.4 Å². The summed E-state index contributed by atoms with van der Waals surface area (Å²) in [6.07, 6.45) is 1.41. The summed E-state index contributed by atoms with van der Waals surface area (Å²) in [5.41, 5.74) is 1.12. The van der Waals surface area contributed by atoms with Crippen molar-refractivity contribution < 1.29 is 32.5 Å². The Balaban J connectivity index is 1.81. The molecule has 0 saturated carbocycles. The van der Waals surface area contributed by atoms with E-state index in [4.69, 9.17) is 23.4 Å². The van der Waals surface area contributed by atoms with Gasteiger partial charge in [0.15, 0.2) is 22.5 Å². The number of aromatic nitrogens is 3. The van der Waals surface area contributed by atoms with Gasteiger partial charge in [0.1, 0.15) is 17.1 Å². The third-order valence-corrected chi connectivity index (χ3v) is 6.06. The zero-order valence-electron chi connectivity index (χ0n) is 19.4. The van der Waals surface area contributed by atoms with E-state index in [0.717, 1.165) is 0 Å². The minimum Gasteiger partial charge on any atom is -0.493 e. The molecule has 0 radical (unpaired) electrons. The topological polar surface area (TPSA) is 97.8 Å². The molecule has 9 nitrogen and oxygen atoms in total. The number of hydrogen-bond donors (Lipinski definition) is 0. The summed E-state index contributed by atoms with van der Waals surface area (Å²) in [6.45, 7) is 0. The highest BCUT2D eigenvalue weighted by molar-refractivity contribution is 7.98. The Labute approximate surface area is 204 Å². The Hall–Kier alpha value is -3.99. The third kappa shape index (κ3) is 4.67. The van der Waals surface area contributed by atoms with Crippen molar-refractivity contribution >= 4 is 17.7 Å². The van der Waals surface area contributed by atoms with Crippen molar-refractivity contribution in [3.63, 3.8) is 0 Å². The van der Waals surface area contributed by atoms with Crippen LogP contribution in [0.4, 0.5) is 4.39 Å². The minimum atomic E-state index is -0.511. The highest BCUT2D eigenvalue weighted by atomic mass is 32.2. The van der Waals surface area contributed by atoms with Gasteiger partial charge in [-0.25, -0.2) is 9.18 Å². The first-order valence-corrected chi connectivity index (χ1v) is 11.3. The third-order valence-electron chi connectivity index (χ3n) is 5.13. The van der Waals surface area contributed by atoms with Gasteiger partial charge in [-0.15, -0.1) is 10.2 Å². The molecule has 0 atom stereocenters. The van der Waals surface area contributed by atoms with Crippen LogP contribution in [-0.4, -0.2) is 49.2 Å². The molecule has 0 aliphatic carbocycles. The predicted molar refractivity (Wildman–Crippen MR) is 126 cm³/mol. The van der Waals surface area contributed by atoms with E-state index >= 15 is 0 Å². The van der Waals surface area contributed by atoms with Gasteiger partial charge in [-0.05, 0) is 30.3 Å². The van der Waals surface area contributed by atoms with Crippen molar-refractivity contribution in [2.24, 2.45) is 0 Å². The first kappa shape index (κ1) is 24.1. The van der Waals surface area contributed by atoms with Crippen LogP contribution in [0.15, 0.2) is 58.3 Å². The van der Waals surface area contributed by atoms with Gasteiger partial charge < -0.3 is 23.4 Å². The summed E-state index contributed by atoms with van der Waals surface area (Å²) in [4.78, 5) is 12.0. The largest absolute Gasteiger partial charge is 0.493 e. The van der Waals surface area contributed by atoms with Crippen LogP contribution in [-0.2, 0) is 10.5 Å². The lowest BCUT2D eigenvalue weighted by molar-refractivity contribution is 0.0598. The summed E-state index contributed by atoms with van der Waals surface area (Å²) < 4.78 is 43.1. The number of benzene rings is 2. The Kier molecular flexibility index (Phi) is 7.25. The molecule has 11 heteroatoms. The van der Waals surface area contributed by atoms with E-state index in [2.05, 4.69) is 10.2 Å². The molecule has 0 saturated heterocycles. The van der Waals surface area contributed by atoms with E-state index in [9.17, 15) is 9.18 Å². The number of esters is 1. The van der Waals surface area contributed by atoms with Crippen molar-refractivity contribution in [1.82, 2.24) is 14.8 Å². The van der Waals surface area contributed by atoms with E-state index < -0.39 is 11.8 Å². The molecule has 35 heavy (non-hydrogen) atoms. The molecule has 0 bridgehead atoms. The average Bonchev–Trinajstić information content (AvgIpc) is 3.53. The fraction of sp³-hybridized carbons (Fsp3) is 0.208. The number of methoxy groups -OCH3 is 4. The number of rotatable bonds is 9. The number of ether oxygens (including phenoxy) is 4. The zero-order valence-corrected chi connectivity index (χ0v) is 20.2. The van der Waals surface area contributed by atoms with Gasteiger partial charge in [-0.3, -0.25) is 4.57 Å². The summed E-state index contributed by atoms with van der Waals surface area (Å²) in [5, 5.41) is 9.01. The molecular weight excluding hydrogens is 477 g/mol. The number of thioether (sulfide) groups is 1. The smallest absolute Gasteiger partial charge is 0.341 e. The van der Waals surface area contributed by atoms with E-state index in [1.807, 2.05) is 0 Å². The molecule has 0 N–H and O–H groups in total. The second-order valence-corrected chi connectivity index (χ2v) is 7.99. The molecule has 0 aliphatic heterocycles. The summed E-state index contributed by atoms with van der Waals surface area (Å²) >= 11 is 1.23. The van der Waals surface area contributed by atoms with Crippen molar-refractivity contribution in [1.29, 1.82) is 0 Å². The Morgan fingerprint density at radius 3 is 2.37 bits per heavy atom. The van der Waals surface area contributed by atoms with Gasteiger partial charge in [0.2, 0.25) is 5.75 Å². The van der Waals surface area contributed by atoms with Gasteiger partial charge in [0.25, 0.3) is 0 Å². The van der Waals surface area contributed by atoms with Gasteiger partial charge in [0, 0.05) is 5.56 Å². The minimum absolute atomic E-state index is 0.235. The lowest BCUT2D eigenvalue weighted by Crippen LogP contribution is -2.04. The summed E-state index contributed by atoms with van der Waals surface area (Å²) in [7, 11) is 5.82. The van der Waals surface area contributed by atoms with Crippen molar-refractivity contribution in [3.8, 4) is 34.3 Å². The van der Waals surface area contributed by atoms with Crippen LogP contribution in [0.5, 0.6) is 17.2 Å². The maximum Gasteiger partial charge on any atom is 0.341 e. The molecule has 2 aromatic carbocycles. The molecule has 182 valence electrons. The van der Waals surface area contributed by atoms with Crippen molar-refractivity contribution in [2.45, 2.75) is 10.9 Å². The van der Waals surface area contributed by atoms with E-state index in [1.165, 1.54) is 58.6 Å². The SMILES string of the molecule is COC(=O)c1ccoc1CSc1nnc(-c2cc(OC)c(OC)c(OC)c2)n1-c1ccccc1F. The van der Waals surface area contributed by atoms with Crippen LogP contribution in [0.1, 0.15) is 16.1 Å². The molecule has 0 amide bonds. The van der Waals surface area contributed by atoms with E-state index in [0.29, 0.717) is 45.1 Å². The van der Waals surface area contributed by atoms with Crippen LogP contribution in [0.3, 0.4) is 0 Å². The quantitative estimate of drug-likeness (QED) is 0.238. The highest BCUT2D eigenvalue weighted by Crippen LogP contribution is 2.42. The molecule has 0 fully saturated rings. The second kappa shape index (κ2) is 10.5. The molecule has 0 spiro atoms. The lowest BCUT2D eigenvalue weighted by atomic mass is 10.1. The van der Waals surface area contributed by atoms with Gasteiger partial charge in [-0.1, -0.05) is 23.9 Å². The van der Waals surface area contributed by atoms with Gasteiger partial charge >= 0.3 is 5.97 Å². The Morgan fingerprint density at radius 2 is 1.74 bits per heavy atom. The number of halogens is 1. The number of carbonyl (C=O) groups excluding carboxylic acids is 1. The molecule has 2 heterocycles. The van der Waals surface area contributed by atoms with Crippen LogP contribution in [0, 0.1) is 5.82 Å². The van der Waals surface area contributed by atoms with E-state index in [-0.39, 0.29) is 11.4 Å². The summed E-state index contributed by atoms with van der Waals surface area (Å²) in [6, 6.07) is 11.2. The van der Waals surface area contributed by atoms with Crippen LogP contribution < -0.4 is 14.2 Å². The van der Waals surface area contributed by atoms with Gasteiger partial charge in [-0.2, -0.15) is 0 Å². The molecule has 0 aliphatic rings. The Bertz CT molecular complexity index is 1330.